The normalized spacial score (nSPS) is 22.2. The van der Waals surface area contributed by atoms with Crippen molar-refractivity contribution in [3.8, 4) is 0 Å². The summed E-state index contributed by atoms with van der Waals surface area (Å²) >= 11 is 0. The Labute approximate surface area is 162 Å². The third-order valence-corrected chi connectivity index (χ3v) is 5.48. The molecule has 0 bridgehead atoms. The highest BCUT2D eigenvalue weighted by Gasteiger charge is 2.31. The van der Waals surface area contributed by atoms with Crippen LogP contribution in [0.1, 0.15) is 43.4 Å². The molecule has 2 aliphatic heterocycles. The van der Waals surface area contributed by atoms with Gasteiger partial charge in [0.25, 0.3) is 0 Å². The lowest BCUT2D eigenvalue weighted by molar-refractivity contribution is 0.00223. The van der Waals surface area contributed by atoms with Crippen LogP contribution in [0.3, 0.4) is 0 Å². The lowest BCUT2D eigenvalue weighted by atomic mass is 9.86. The fourth-order valence-electron chi connectivity index (χ4n) is 4.15. The summed E-state index contributed by atoms with van der Waals surface area (Å²) in [5, 5.41) is 8.53. The van der Waals surface area contributed by atoms with Crippen molar-refractivity contribution >= 4 is 24.1 Å². The van der Waals surface area contributed by atoms with E-state index in [4.69, 9.17) is 4.99 Å². The predicted octanol–water partition coefficient (Wildman–Crippen LogP) is 2.32. The molecule has 1 fully saturated rings. The zero-order valence-corrected chi connectivity index (χ0v) is 16.7. The third kappa shape index (κ3) is 3.98. The molecule has 2 heterocycles. The van der Waals surface area contributed by atoms with Crippen LogP contribution in [0.2, 0.25) is 0 Å². The fraction of sp³-hybridized carbons (Fsp3) is 0.632. The van der Waals surface area contributed by atoms with Crippen LogP contribution in [0.25, 0.3) is 0 Å². The Kier molecular flexibility index (Phi) is 7.29. The molecule has 0 saturated carbocycles. The van der Waals surface area contributed by atoms with Crippen LogP contribution in [-0.4, -0.2) is 66.1 Å². The summed E-state index contributed by atoms with van der Waals surface area (Å²) in [4.78, 5) is 7.55. The average Bonchev–Trinajstić information content (AvgIpc) is 2.61. The van der Waals surface area contributed by atoms with E-state index in [1.165, 1.54) is 36.1 Å². The fourth-order valence-corrected chi connectivity index (χ4v) is 4.15. The number of nitrogens with zero attached hydrogens (tertiary/aromatic N) is 4. The molecular formula is C19H32ClN5O. The standard InChI is InChI=1S/C19H29N5.ClH.H2O/c1-3-10-24(23-13-11-22(2)12-14-23)19-20-16-8-4-6-15-7-5-9-17(21-19)18(15)16;;/h4,6,8,17H,3,5,7,9-14H2,1-2H3,(H,20,21);1H;1H2. The Morgan fingerprint density at radius 3 is 2.73 bits per heavy atom. The first-order valence-corrected chi connectivity index (χ1v) is 9.44. The zero-order valence-electron chi connectivity index (χ0n) is 15.9. The minimum absolute atomic E-state index is 0. The van der Waals surface area contributed by atoms with Gasteiger partial charge in [-0.05, 0) is 44.4 Å². The molecule has 1 aromatic rings. The summed E-state index contributed by atoms with van der Waals surface area (Å²) < 4.78 is 0. The number of benzene rings is 1. The first-order valence-electron chi connectivity index (χ1n) is 9.44. The van der Waals surface area contributed by atoms with Crippen LogP contribution in [0.5, 0.6) is 0 Å². The van der Waals surface area contributed by atoms with Gasteiger partial charge in [-0.3, -0.25) is 5.01 Å². The lowest BCUT2D eigenvalue weighted by Gasteiger charge is -2.43. The second kappa shape index (κ2) is 9.04. The highest BCUT2D eigenvalue weighted by atomic mass is 35.5. The SMILES string of the molecule is CCCN(C1=NC2CCCc3cccc(c32)N1)N1CCN(C)CC1.Cl.O. The molecule has 1 unspecified atom stereocenters. The average molecular weight is 382 g/mol. The number of anilines is 1. The van der Waals surface area contributed by atoms with Crippen molar-refractivity contribution in [3.05, 3.63) is 29.3 Å². The van der Waals surface area contributed by atoms with Crippen LogP contribution in [0.4, 0.5) is 5.69 Å². The van der Waals surface area contributed by atoms with Gasteiger partial charge in [0.15, 0.2) is 0 Å². The highest BCUT2D eigenvalue weighted by Crippen LogP contribution is 2.40. The molecule has 4 rings (SSSR count). The molecule has 1 aromatic carbocycles. The second-order valence-electron chi connectivity index (χ2n) is 7.24. The van der Waals surface area contributed by atoms with E-state index in [-0.39, 0.29) is 17.9 Å². The minimum atomic E-state index is 0. The summed E-state index contributed by atoms with van der Waals surface area (Å²) in [6.45, 7) is 7.68. The van der Waals surface area contributed by atoms with Crippen molar-refractivity contribution in [2.75, 3.05) is 45.1 Å². The molecule has 6 nitrogen and oxygen atoms in total. The van der Waals surface area contributed by atoms with E-state index in [0.29, 0.717) is 6.04 Å². The van der Waals surface area contributed by atoms with Crippen LogP contribution in [0.15, 0.2) is 23.2 Å². The minimum Gasteiger partial charge on any atom is -0.412 e. The van der Waals surface area contributed by atoms with Crippen molar-refractivity contribution in [3.63, 3.8) is 0 Å². The summed E-state index contributed by atoms with van der Waals surface area (Å²) in [6.07, 6.45) is 4.76. The molecule has 0 amide bonds. The molecule has 0 aromatic heterocycles. The third-order valence-electron chi connectivity index (χ3n) is 5.48. The molecule has 1 aliphatic carbocycles. The molecule has 0 spiro atoms. The Bertz CT molecular complexity index is 630. The quantitative estimate of drug-likeness (QED) is 0.872. The first-order chi connectivity index (χ1) is 11.8. The van der Waals surface area contributed by atoms with E-state index < -0.39 is 0 Å². The van der Waals surface area contributed by atoms with Gasteiger partial charge in [-0.15, -0.1) is 12.4 Å². The van der Waals surface area contributed by atoms with Crippen LogP contribution in [0, 0.1) is 0 Å². The zero-order chi connectivity index (χ0) is 16.5. The Morgan fingerprint density at radius 2 is 2.00 bits per heavy atom. The second-order valence-corrected chi connectivity index (χ2v) is 7.24. The van der Waals surface area contributed by atoms with Crippen molar-refractivity contribution < 1.29 is 5.48 Å². The highest BCUT2D eigenvalue weighted by molar-refractivity contribution is 5.96. The van der Waals surface area contributed by atoms with Gasteiger partial charge in [-0.2, -0.15) is 0 Å². The number of hydrogen-bond acceptors (Lipinski definition) is 5. The van der Waals surface area contributed by atoms with Gasteiger partial charge < -0.3 is 15.7 Å². The van der Waals surface area contributed by atoms with E-state index in [2.05, 4.69) is 52.4 Å². The predicted molar refractivity (Wildman–Crippen MR) is 110 cm³/mol. The summed E-state index contributed by atoms with van der Waals surface area (Å²) in [6, 6.07) is 7.03. The number of likely N-dealkylation sites (N-methyl/N-ethyl adjacent to an activating group) is 1. The number of aliphatic imine (C=N–C) groups is 1. The molecule has 7 heteroatoms. The number of halogens is 1. The van der Waals surface area contributed by atoms with Crippen molar-refractivity contribution in [2.24, 2.45) is 4.99 Å². The van der Waals surface area contributed by atoms with Gasteiger partial charge in [0, 0.05) is 44.0 Å². The maximum Gasteiger partial charge on any atom is 0.213 e. The van der Waals surface area contributed by atoms with Crippen LogP contribution in [-0.2, 0) is 6.42 Å². The number of nitrogens with one attached hydrogen (secondary N) is 1. The molecule has 26 heavy (non-hydrogen) atoms. The summed E-state index contributed by atoms with van der Waals surface area (Å²) in [7, 11) is 2.21. The van der Waals surface area contributed by atoms with Gasteiger partial charge in [-0.25, -0.2) is 10.0 Å². The number of hydrogen-bond donors (Lipinski definition) is 1. The van der Waals surface area contributed by atoms with E-state index in [1.807, 2.05) is 0 Å². The van der Waals surface area contributed by atoms with Crippen molar-refractivity contribution in [1.29, 1.82) is 0 Å². The maximum atomic E-state index is 5.14. The topological polar surface area (TPSA) is 65.6 Å². The Morgan fingerprint density at radius 1 is 1.23 bits per heavy atom. The first kappa shape index (κ1) is 21.0. The number of rotatable bonds is 3. The summed E-state index contributed by atoms with van der Waals surface area (Å²) in [5.74, 6) is 1.05. The number of aryl methyl sites for hydroxylation is 1. The van der Waals surface area contributed by atoms with Gasteiger partial charge in [0.05, 0.1) is 6.04 Å². The maximum absolute atomic E-state index is 5.14. The van der Waals surface area contributed by atoms with E-state index >= 15 is 0 Å². The van der Waals surface area contributed by atoms with Crippen LogP contribution >= 0.6 is 12.4 Å². The van der Waals surface area contributed by atoms with Crippen molar-refractivity contribution in [1.82, 2.24) is 14.9 Å². The molecule has 3 aliphatic rings. The molecule has 1 atom stereocenters. The molecule has 146 valence electrons. The molecule has 3 N–H and O–H groups in total. The number of piperazine rings is 1. The van der Waals surface area contributed by atoms with Crippen molar-refractivity contribution in [2.45, 2.75) is 38.6 Å². The molecule has 1 saturated heterocycles. The van der Waals surface area contributed by atoms with E-state index in [0.717, 1.165) is 45.1 Å². The lowest BCUT2D eigenvalue weighted by Crippen LogP contribution is -2.57. The monoisotopic (exact) mass is 381 g/mol. The number of guanidine groups is 1. The smallest absolute Gasteiger partial charge is 0.213 e. The van der Waals surface area contributed by atoms with E-state index in [9.17, 15) is 0 Å². The molecular weight excluding hydrogens is 350 g/mol. The Hall–Kier alpha value is -1.34. The van der Waals surface area contributed by atoms with E-state index in [1.54, 1.807) is 0 Å². The van der Waals surface area contributed by atoms with Gasteiger partial charge in [0.1, 0.15) is 0 Å². The van der Waals surface area contributed by atoms with Gasteiger partial charge in [0.2, 0.25) is 5.96 Å². The van der Waals surface area contributed by atoms with Gasteiger partial charge >= 0.3 is 0 Å². The number of hydrazine groups is 1. The molecule has 0 radical (unpaired) electrons. The van der Waals surface area contributed by atoms with Crippen LogP contribution < -0.4 is 5.32 Å². The van der Waals surface area contributed by atoms with Gasteiger partial charge in [-0.1, -0.05) is 19.1 Å². The Balaban J connectivity index is 0.00000121. The summed E-state index contributed by atoms with van der Waals surface area (Å²) in [5.41, 5.74) is 4.21. The largest absolute Gasteiger partial charge is 0.412 e.